The summed E-state index contributed by atoms with van der Waals surface area (Å²) in [6.07, 6.45) is 3.06. The molecule has 0 aliphatic heterocycles. The van der Waals surface area contributed by atoms with Crippen LogP contribution in [-0.4, -0.2) is 9.97 Å². The highest BCUT2D eigenvalue weighted by Crippen LogP contribution is 2.28. The monoisotopic (exact) mass is 178 g/mol. The molecule has 3 nitrogen and oxygen atoms in total. The second-order valence-electron chi connectivity index (χ2n) is 2.36. The number of pyridine rings is 2. The van der Waals surface area contributed by atoms with Gasteiger partial charge < -0.3 is 5.73 Å². The van der Waals surface area contributed by atoms with E-state index in [1.165, 1.54) is 6.20 Å². The summed E-state index contributed by atoms with van der Waals surface area (Å²) in [7, 11) is 0. The summed E-state index contributed by atoms with van der Waals surface area (Å²) >= 11 is 5.84. The fraction of sp³-hybridized carbons (Fsp3) is 0. The number of fused-ring (bicyclic) bond motifs is 1. The van der Waals surface area contributed by atoms with Gasteiger partial charge in [0.2, 0.25) is 0 Å². The van der Waals surface area contributed by atoms with E-state index in [0.29, 0.717) is 10.5 Å². The number of nitrogens with one attached hydrogen (secondary N) is 1. The molecule has 0 saturated carbocycles. The Morgan fingerprint density at radius 1 is 1.33 bits per heavy atom. The minimum absolute atomic E-state index is 0.211. The molecule has 0 fully saturated rings. The summed E-state index contributed by atoms with van der Waals surface area (Å²) in [5, 5.41) is 0.362. The maximum atomic E-state index is 7.37. The molecule has 0 spiro atoms. The molecule has 60 valence electrons. The van der Waals surface area contributed by atoms with Gasteiger partial charge in [-0.3, -0.25) is 9.97 Å². The third-order valence-electron chi connectivity index (χ3n) is 1.56. The minimum Gasteiger partial charge on any atom is -0.696 e. The maximum Gasteiger partial charge on any atom is 0.106 e. The van der Waals surface area contributed by atoms with Gasteiger partial charge in [0.15, 0.2) is 0 Å². The van der Waals surface area contributed by atoms with E-state index in [1.54, 1.807) is 12.3 Å². The van der Waals surface area contributed by atoms with Crippen molar-refractivity contribution in [1.29, 1.82) is 0 Å². The summed E-state index contributed by atoms with van der Waals surface area (Å²) < 4.78 is 0. The summed E-state index contributed by atoms with van der Waals surface area (Å²) in [5.41, 5.74) is 8.89. The van der Waals surface area contributed by atoms with Gasteiger partial charge >= 0.3 is 0 Å². The van der Waals surface area contributed by atoms with Crippen molar-refractivity contribution >= 4 is 28.3 Å². The molecule has 2 heterocycles. The molecular formula is C8H5ClN3-. The molecular weight excluding hydrogens is 174 g/mol. The largest absolute Gasteiger partial charge is 0.696 e. The van der Waals surface area contributed by atoms with Crippen LogP contribution in [0.2, 0.25) is 5.02 Å². The van der Waals surface area contributed by atoms with E-state index in [9.17, 15) is 0 Å². The predicted molar refractivity (Wildman–Crippen MR) is 48.5 cm³/mol. The molecule has 0 amide bonds. The van der Waals surface area contributed by atoms with Gasteiger partial charge in [0, 0.05) is 12.4 Å². The van der Waals surface area contributed by atoms with Gasteiger partial charge in [-0.2, -0.15) is 0 Å². The van der Waals surface area contributed by atoms with Gasteiger partial charge in [0.25, 0.3) is 0 Å². The van der Waals surface area contributed by atoms with Crippen LogP contribution >= 0.6 is 11.6 Å². The highest BCUT2D eigenvalue weighted by molar-refractivity contribution is 6.37. The zero-order valence-electron chi connectivity index (χ0n) is 6.08. The van der Waals surface area contributed by atoms with Crippen molar-refractivity contribution in [3.8, 4) is 0 Å². The topological polar surface area (TPSA) is 49.6 Å². The molecule has 0 aliphatic carbocycles. The minimum atomic E-state index is 0.211. The van der Waals surface area contributed by atoms with E-state index in [4.69, 9.17) is 17.3 Å². The first-order chi connectivity index (χ1) is 5.79. The standard InChI is InChI=1S/C8H5ClN3/c9-7-5(10)4-12-6-2-1-3-11-8(6)7/h1-4,10H/q-1. The molecule has 0 bridgehead atoms. The molecule has 0 radical (unpaired) electrons. The van der Waals surface area contributed by atoms with E-state index >= 15 is 0 Å². The number of hydrogen-bond acceptors (Lipinski definition) is 2. The summed E-state index contributed by atoms with van der Waals surface area (Å²) in [6.45, 7) is 0. The summed E-state index contributed by atoms with van der Waals surface area (Å²) in [5.74, 6) is 0. The van der Waals surface area contributed by atoms with Crippen LogP contribution in [0.1, 0.15) is 0 Å². The molecule has 2 rings (SSSR count). The zero-order chi connectivity index (χ0) is 8.55. The Morgan fingerprint density at radius 2 is 2.17 bits per heavy atom. The Labute approximate surface area is 74.2 Å². The molecule has 0 aromatic carbocycles. The number of nitrogens with zero attached hydrogens (tertiary/aromatic N) is 2. The Hall–Kier alpha value is -1.35. The number of hydrogen-bond donors (Lipinski definition) is 0. The van der Waals surface area contributed by atoms with Crippen molar-refractivity contribution in [2.45, 2.75) is 0 Å². The second-order valence-corrected chi connectivity index (χ2v) is 2.73. The molecule has 4 heteroatoms. The van der Waals surface area contributed by atoms with Crippen molar-refractivity contribution in [3.63, 3.8) is 0 Å². The van der Waals surface area contributed by atoms with Crippen LogP contribution in [0, 0.1) is 0 Å². The Kier molecular flexibility index (Phi) is 1.59. The van der Waals surface area contributed by atoms with E-state index in [2.05, 4.69) is 9.97 Å². The van der Waals surface area contributed by atoms with Gasteiger partial charge in [-0.25, -0.2) is 0 Å². The smallest absolute Gasteiger partial charge is 0.106 e. The lowest BCUT2D eigenvalue weighted by Crippen LogP contribution is -1.82. The average Bonchev–Trinajstić information content (AvgIpc) is 2.12. The van der Waals surface area contributed by atoms with Crippen molar-refractivity contribution in [2.75, 3.05) is 0 Å². The van der Waals surface area contributed by atoms with E-state index < -0.39 is 0 Å². The van der Waals surface area contributed by atoms with Gasteiger partial charge in [-0.1, -0.05) is 11.6 Å². The van der Waals surface area contributed by atoms with Crippen LogP contribution in [0.25, 0.3) is 16.8 Å². The van der Waals surface area contributed by atoms with Crippen LogP contribution < -0.4 is 0 Å². The lowest BCUT2D eigenvalue weighted by molar-refractivity contribution is 1.34. The molecule has 0 unspecified atom stereocenters. The van der Waals surface area contributed by atoms with Crippen LogP contribution in [0.15, 0.2) is 24.5 Å². The lowest BCUT2D eigenvalue weighted by atomic mass is 10.3. The van der Waals surface area contributed by atoms with Crippen LogP contribution in [0.4, 0.5) is 5.69 Å². The quantitative estimate of drug-likeness (QED) is 0.623. The van der Waals surface area contributed by atoms with Crippen molar-refractivity contribution in [2.24, 2.45) is 0 Å². The van der Waals surface area contributed by atoms with Gasteiger partial charge in [-0.05, 0) is 12.1 Å². The molecule has 1 N–H and O–H groups in total. The third-order valence-corrected chi connectivity index (χ3v) is 1.95. The van der Waals surface area contributed by atoms with Gasteiger partial charge in [0.05, 0.1) is 10.5 Å². The average molecular weight is 179 g/mol. The van der Waals surface area contributed by atoms with Gasteiger partial charge in [0.1, 0.15) is 5.52 Å². The first-order valence-electron chi connectivity index (χ1n) is 3.40. The first-order valence-corrected chi connectivity index (χ1v) is 3.77. The second kappa shape index (κ2) is 2.60. The molecule has 12 heavy (non-hydrogen) atoms. The van der Waals surface area contributed by atoms with E-state index in [-0.39, 0.29) is 5.69 Å². The highest BCUT2D eigenvalue weighted by Gasteiger charge is 1.99. The van der Waals surface area contributed by atoms with Crippen molar-refractivity contribution in [1.82, 2.24) is 9.97 Å². The number of rotatable bonds is 0. The van der Waals surface area contributed by atoms with Crippen LogP contribution in [0.5, 0.6) is 0 Å². The Balaban J connectivity index is 2.91. The van der Waals surface area contributed by atoms with E-state index in [0.717, 1.165) is 5.52 Å². The maximum absolute atomic E-state index is 7.37. The molecule has 0 saturated heterocycles. The fourth-order valence-corrected chi connectivity index (χ4v) is 1.18. The summed E-state index contributed by atoms with van der Waals surface area (Å²) in [4.78, 5) is 8.03. The first kappa shape index (κ1) is 7.31. The molecule has 0 atom stereocenters. The van der Waals surface area contributed by atoms with Crippen LogP contribution in [-0.2, 0) is 0 Å². The highest BCUT2D eigenvalue weighted by atomic mass is 35.5. The zero-order valence-corrected chi connectivity index (χ0v) is 6.84. The summed E-state index contributed by atoms with van der Waals surface area (Å²) in [6, 6.07) is 3.60. The Bertz CT molecular complexity index is 428. The predicted octanol–water partition coefficient (Wildman–Crippen LogP) is 2.97. The van der Waals surface area contributed by atoms with Gasteiger partial charge in [-0.15, -0.1) is 5.69 Å². The van der Waals surface area contributed by atoms with Crippen molar-refractivity contribution in [3.05, 3.63) is 35.3 Å². The molecule has 0 aliphatic rings. The van der Waals surface area contributed by atoms with E-state index in [1.807, 2.05) is 6.07 Å². The lowest BCUT2D eigenvalue weighted by Gasteiger charge is -2.06. The number of aromatic nitrogens is 2. The molecule has 2 aromatic rings. The third kappa shape index (κ3) is 0.987. The normalized spacial score (nSPS) is 10.4. The van der Waals surface area contributed by atoms with Crippen LogP contribution in [0.3, 0.4) is 0 Å². The van der Waals surface area contributed by atoms with Crippen molar-refractivity contribution < 1.29 is 0 Å². The fourth-order valence-electron chi connectivity index (χ4n) is 0.988. The molecule has 2 aromatic heterocycles. The number of halogens is 1. The SMILES string of the molecule is [NH-]c1cnc2cccnc2c1Cl. The Morgan fingerprint density at radius 3 is 3.00 bits per heavy atom.